The van der Waals surface area contributed by atoms with E-state index in [9.17, 15) is 14.7 Å². The van der Waals surface area contributed by atoms with Crippen LogP contribution in [0.2, 0.25) is 0 Å². The van der Waals surface area contributed by atoms with Crippen LogP contribution in [0.1, 0.15) is 6.42 Å². The smallest absolute Gasteiger partial charge is 0.226 e. The monoisotopic (exact) mass is 290 g/mol. The van der Waals surface area contributed by atoms with Crippen LogP contribution in [-0.2, 0) is 20.9 Å². The predicted molar refractivity (Wildman–Crippen MR) is 69.6 cm³/mol. The molecule has 7 nitrogen and oxygen atoms in total. The third-order valence-corrected chi connectivity index (χ3v) is 3.93. The van der Waals surface area contributed by atoms with Gasteiger partial charge in [-0.2, -0.15) is 0 Å². The molecule has 1 saturated heterocycles. The highest BCUT2D eigenvalue weighted by molar-refractivity contribution is 5.86. The number of aryl methyl sites for hydroxylation is 1. The summed E-state index contributed by atoms with van der Waals surface area (Å²) < 4.78 is 7.36. The van der Waals surface area contributed by atoms with E-state index in [4.69, 9.17) is 4.74 Å². The molecule has 2 bridgehead atoms. The van der Waals surface area contributed by atoms with Crippen LogP contribution in [0.3, 0.4) is 0 Å². The van der Waals surface area contributed by atoms with Crippen LogP contribution < -0.4 is 10.4 Å². The average molecular weight is 290 g/mol. The average Bonchev–Trinajstić information content (AvgIpc) is 3.18. The van der Waals surface area contributed by atoms with Crippen LogP contribution in [0.5, 0.6) is 0 Å². The fourth-order valence-electron chi connectivity index (χ4n) is 2.91. The van der Waals surface area contributed by atoms with Gasteiger partial charge in [-0.25, -0.2) is 4.98 Å². The lowest BCUT2D eigenvalue weighted by molar-refractivity contribution is -0.313. The molecule has 2 aliphatic rings. The third kappa shape index (κ3) is 2.69. The Labute approximate surface area is 121 Å². The number of imidazole rings is 1. The number of nitrogens with one attached hydrogen (secondary N) is 1. The van der Waals surface area contributed by atoms with E-state index in [0.717, 1.165) is 13.0 Å². The highest BCUT2D eigenvalue weighted by Crippen LogP contribution is 2.38. The van der Waals surface area contributed by atoms with Gasteiger partial charge in [0.2, 0.25) is 5.91 Å². The van der Waals surface area contributed by atoms with Gasteiger partial charge in [-0.1, -0.05) is 12.2 Å². The minimum atomic E-state index is -1.23. The van der Waals surface area contributed by atoms with Crippen LogP contribution >= 0.6 is 0 Å². The Hall–Kier alpha value is -2.15. The van der Waals surface area contributed by atoms with Gasteiger partial charge in [-0.3, -0.25) is 4.79 Å². The van der Waals surface area contributed by atoms with Crippen molar-refractivity contribution in [1.82, 2.24) is 14.9 Å². The number of aliphatic carboxylic acids is 1. The molecule has 7 heteroatoms. The van der Waals surface area contributed by atoms with Crippen LogP contribution in [-0.4, -0.2) is 40.2 Å². The Bertz CT molecular complexity index is 555. The zero-order chi connectivity index (χ0) is 14.8. The van der Waals surface area contributed by atoms with Gasteiger partial charge >= 0.3 is 0 Å². The zero-order valence-corrected chi connectivity index (χ0v) is 11.3. The molecule has 1 fully saturated rings. The second kappa shape index (κ2) is 5.69. The molecule has 2 aliphatic heterocycles. The summed E-state index contributed by atoms with van der Waals surface area (Å²) in [6.07, 6.45) is 8.45. The number of rotatable bonds is 6. The Kier molecular flexibility index (Phi) is 3.74. The maximum atomic E-state index is 12.2. The summed E-state index contributed by atoms with van der Waals surface area (Å²) in [4.78, 5) is 27.3. The number of fused-ring (bicyclic) bond motifs is 2. The van der Waals surface area contributed by atoms with Gasteiger partial charge < -0.3 is 24.5 Å². The van der Waals surface area contributed by atoms with Crippen molar-refractivity contribution in [3.63, 3.8) is 0 Å². The second-order valence-corrected chi connectivity index (χ2v) is 5.27. The van der Waals surface area contributed by atoms with Crippen LogP contribution in [0.4, 0.5) is 0 Å². The lowest BCUT2D eigenvalue weighted by Crippen LogP contribution is -2.47. The van der Waals surface area contributed by atoms with Gasteiger partial charge in [0, 0.05) is 37.4 Å². The molecule has 1 N–H and O–H groups in total. The van der Waals surface area contributed by atoms with Crippen LogP contribution in [0.15, 0.2) is 30.9 Å². The van der Waals surface area contributed by atoms with Crippen molar-refractivity contribution in [3.8, 4) is 0 Å². The first-order valence-electron chi connectivity index (χ1n) is 6.95. The fourth-order valence-corrected chi connectivity index (χ4v) is 2.91. The number of carboxylic acid groups (broad SMARTS) is 1. The molecule has 4 atom stereocenters. The molecule has 0 radical (unpaired) electrons. The minimum absolute atomic E-state index is 0.285. The zero-order valence-electron chi connectivity index (χ0n) is 11.3. The molecule has 112 valence electrons. The summed E-state index contributed by atoms with van der Waals surface area (Å²) >= 11 is 0. The van der Waals surface area contributed by atoms with E-state index in [1.54, 1.807) is 24.7 Å². The summed E-state index contributed by atoms with van der Waals surface area (Å²) in [6, 6.07) is 0. The van der Waals surface area contributed by atoms with E-state index in [2.05, 4.69) is 10.3 Å². The van der Waals surface area contributed by atoms with E-state index in [1.807, 2.05) is 10.8 Å². The molecule has 1 amide bonds. The highest BCUT2D eigenvalue weighted by Gasteiger charge is 2.49. The van der Waals surface area contributed by atoms with Crippen molar-refractivity contribution in [2.45, 2.75) is 25.2 Å². The van der Waals surface area contributed by atoms with Crippen molar-refractivity contribution >= 4 is 11.9 Å². The predicted octanol–water partition coefficient (Wildman–Crippen LogP) is -1.29. The van der Waals surface area contributed by atoms with Gasteiger partial charge in [0.1, 0.15) is 0 Å². The summed E-state index contributed by atoms with van der Waals surface area (Å²) in [7, 11) is 0. The summed E-state index contributed by atoms with van der Waals surface area (Å²) in [5, 5.41) is 14.0. The molecule has 21 heavy (non-hydrogen) atoms. The van der Waals surface area contributed by atoms with Crippen molar-refractivity contribution in [2.75, 3.05) is 6.54 Å². The molecule has 1 aromatic heterocycles. The van der Waals surface area contributed by atoms with Gasteiger partial charge in [0.25, 0.3) is 0 Å². The molecule has 3 rings (SSSR count). The minimum Gasteiger partial charge on any atom is -0.550 e. The van der Waals surface area contributed by atoms with E-state index >= 15 is 0 Å². The Balaban J connectivity index is 1.51. The summed E-state index contributed by atoms with van der Waals surface area (Å²) in [5.41, 5.74) is 0. The number of nitrogens with zero attached hydrogens (tertiary/aromatic N) is 2. The molecule has 3 heterocycles. The van der Waals surface area contributed by atoms with Crippen LogP contribution in [0.25, 0.3) is 0 Å². The molecule has 0 spiro atoms. The fraction of sp³-hybridized carbons (Fsp3) is 0.500. The first kappa shape index (κ1) is 13.8. The van der Waals surface area contributed by atoms with Gasteiger partial charge in [0.05, 0.1) is 24.5 Å². The first-order chi connectivity index (χ1) is 10.2. The number of aromatic nitrogens is 2. The lowest BCUT2D eigenvalue weighted by atomic mass is 9.82. The van der Waals surface area contributed by atoms with Gasteiger partial charge in [-0.15, -0.1) is 0 Å². The number of hydrogen-bond acceptors (Lipinski definition) is 5. The highest BCUT2D eigenvalue weighted by atomic mass is 16.5. The maximum Gasteiger partial charge on any atom is 0.226 e. The number of amides is 1. The SMILES string of the molecule is O=C([O-])[C@@H]1[C@H](C(=O)NCCCn2ccnc2)[C@H]2C=C[C@@H]1O2. The molecule has 0 unspecified atom stereocenters. The number of carbonyl (C=O) groups is 2. The number of ether oxygens (including phenoxy) is 1. The molecule has 0 aliphatic carbocycles. The maximum absolute atomic E-state index is 12.2. The Morgan fingerprint density at radius 3 is 2.71 bits per heavy atom. The van der Waals surface area contributed by atoms with Gasteiger partial charge in [0.15, 0.2) is 0 Å². The summed E-state index contributed by atoms with van der Waals surface area (Å²) in [6.45, 7) is 1.23. The number of carboxylic acids is 1. The van der Waals surface area contributed by atoms with Crippen LogP contribution in [0, 0.1) is 11.8 Å². The molecule has 0 aromatic carbocycles. The Morgan fingerprint density at radius 1 is 1.29 bits per heavy atom. The standard InChI is InChI=1S/C14H17N3O4/c18-13(16-4-1-6-17-7-5-15-8-17)11-9-2-3-10(21-9)12(11)14(19)20/h2-3,5,7-12H,1,4,6H2,(H,16,18)(H,19,20)/p-1/t9-,10+,11-,12+/m1/s1. The lowest BCUT2D eigenvalue weighted by Gasteiger charge is -2.24. The molecule has 0 saturated carbocycles. The molecular weight excluding hydrogens is 274 g/mol. The number of hydrogen-bond donors (Lipinski definition) is 1. The largest absolute Gasteiger partial charge is 0.550 e. The van der Waals surface area contributed by atoms with E-state index < -0.39 is 30.0 Å². The summed E-state index contributed by atoms with van der Waals surface area (Å²) in [5.74, 6) is -3.11. The van der Waals surface area contributed by atoms with Crippen molar-refractivity contribution in [2.24, 2.45) is 11.8 Å². The van der Waals surface area contributed by atoms with Gasteiger partial charge in [-0.05, 0) is 6.42 Å². The second-order valence-electron chi connectivity index (χ2n) is 5.27. The van der Waals surface area contributed by atoms with Crippen molar-refractivity contribution in [1.29, 1.82) is 0 Å². The topological polar surface area (TPSA) is 96.3 Å². The van der Waals surface area contributed by atoms with E-state index in [-0.39, 0.29) is 5.91 Å². The normalized spacial score (nSPS) is 29.7. The third-order valence-electron chi connectivity index (χ3n) is 3.93. The van der Waals surface area contributed by atoms with Crippen molar-refractivity contribution in [3.05, 3.63) is 30.9 Å². The Morgan fingerprint density at radius 2 is 2.05 bits per heavy atom. The quantitative estimate of drug-likeness (QED) is 0.519. The van der Waals surface area contributed by atoms with Crippen molar-refractivity contribution < 1.29 is 19.4 Å². The molecule has 1 aromatic rings. The number of carbonyl (C=O) groups excluding carboxylic acids is 2. The first-order valence-corrected chi connectivity index (χ1v) is 6.95. The molecular formula is C14H16N3O4-. The van der Waals surface area contributed by atoms with E-state index in [1.165, 1.54) is 0 Å². The van der Waals surface area contributed by atoms with E-state index in [0.29, 0.717) is 6.54 Å².